The predicted octanol–water partition coefficient (Wildman–Crippen LogP) is 3.68. The van der Waals surface area contributed by atoms with Crippen molar-refractivity contribution >= 4 is 11.6 Å². The lowest BCUT2D eigenvalue weighted by molar-refractivity contribution is 0.180. The summed E-state index contributed by atoms with van der Waals surface area (Å²) in [5.74, 6) is 0.617. The highest BCUT2D eigenvalue weighted by Crippen LogP contribution is 2.26. The molecule has 4 heteroatoms. The second-order valence-electron chi connectivity index (χ2n) is 4.59. The Morgan fingerprint density at radius 3 is 2.60 bits per heavy atom. The number of nitrogens with two attached hydrogens (primary N) is 1. The fourth-order valence-corrected chi connectivity index (χ4v) is 2.15. The van der Waals surface area contributed by atoms with Crippen LogP contribution in [0.4, 0.5) is 0 Å². The molecule has 0 radical (unpaired) electrons. The number of hydrogen-bond donors (Lipinski definition) is 1. The lowest BCUT2D eigenvalue weighted by Crippen LogP contribution is -2.29. The van der Waals surface area contributed by atoms with Crippen LogP contribution >= 0.6 is 11.6 Å². The second-order valence-corrected chi connectivity index (χ2v) is 5.03. The maximum atomic E-state index is 8.91. The fourth-order valence-electron chi connectivity index (χ4n) is 1.95. The summed E-state index contributed by atoms with van der Waals surface area (Å²) in [5, 5.41) is 9.55. The quantitative estimate of drug-likeness (QED) is 0.933. The third-order valence-electron chi connectivity index (χ3n) is 2.88. The van der Waals surface area contributed by atoms with Crippen LogP contribution in [0.15, 0.2) is 48.5 Å². The van der Waals surface area contributed by atoms with Gasteiger partial charge in [0, 0.05) is 11.1 Å². The highest BCUT2D eigenvalue weighted by molar-refractivity contribution is 6.30. The van der Waals surface area contributed by atoms with Crippen LogP contribution in [-0.2, 0) is 0 Å². The van der Waals surface area contributed by atoms with Crippen molar-refractivity contribution in [3.8, 4) is 11.8 Å². The number of hydrogen-bond acceptors (Lipinski definition) is 3. The normalized spacial score (nSPS) is 13.3. The summed E-state index contributed by atoms with van der Waals surface area (Å²) in [6.07, 6.45) is -0.317. The molecule has 2 rings (SSSR count). The molecule has 0 aliphatic rings. The van der Waals surface area contributed by atoms with Gasteiger partial charge in [-0.2, -0.15) is 5.26 Å². The standard InChI is InChI=1S/C16H15ClN2O/c1-11(19)16(13-5-3-6-14(17)9-13)20-15-7-2-4-12(8-15)10-18/h2-9,11,16H,19H2,1H3. The van der Waals surface area contributed by atoms with Gasteiger partial charge in [-0.25, -0.2) is 0 Å². The largest absolute Gasteiger partial charge is 0.484 e. The zero-order valence-electron chi connectivity index (χ0n) is 11.1. The third-order valence-corrected chi connectivity index (χ3v) is 3.12. The van der Waals surface area contributed by atoms with Crippen molar-refractivity contribution in [3.05, 3.63) is 64.7 Å². The highest BCUT2D eigenvalue weighted by atomic mass is 35.5. The maximum Gasteiger partial charge on any atom is 0.139 e. The lowest BCUT2D eigenvalue weighted by Gasteiger charge is -2.23. The van der Waals surface area contributed by atoms with Crippen LogP contribution in [0, 0.1) is 11.3 Å². The molecule has 2 atom stereocenters. The minimum atomic E-state index is -0.317. The van der Waals surface area contributed by atoms with Gasteiger partial charge in [0.05, 0.1) is 11.6 Å². The first-order valence-electron chi connectivity index (χ1n) is 6.28. The van der Waals surface area contributed by atoms with E-state index in [1.165, 1.54) is 0 Å². The van der Waals surface area contributed by atoms with Gasteiger partial charge in [0.15, 0.2) is 0 Å². The lowest BCUT2D eigenvalue weighted by atomic mass is 10.0. The summed E-state index contributed by atoms with van der Waals surface area (Å²) in [5.41, 5.74) is 7.47. The summed E-state index contributed by atoms with van der Waals surface area (Å²) < 4.78 is 5.92. The van der Waals surface area contributed by atoms with Gasteiger partial charge < -0.3 is 10.5 Å². The van der Waals surface area contributed by atoms with Crippen molar-refractivity contribution in [2.45, 2.75) is 19.1 Å². The SMILES string of the molecule is CC(N)C(Oc1cccc(C#N)c1)c1cccc(Cl)c1. The smallest absolute Gasteiger partial charge is 0.139 e. The van der Waals surface area contributed by atoms with Gasteiger partial charge in [-0.3, -0.25) is 0 Å². The molecule has 0 fully saturated rings. The van der Waals surface area contributed by atoms with Crippen LogP contribution in [0.1, 0.15) is 24.2 Å². The van der Waals surface area contributed by atoms with E-state index in [0.29, 0.717) is 16.3 Å². The molecular weight excluding hydrogens is 272 g/mol. The average molecular weight is 287 g/mol. The van der Waals surface area contributed by atoms with Gasteiger partial charge in [0.2, 0.25) is 0 Å². The molecule has 2 N–H and O–H groups in total. The first kappa shape index (κ1) is 14.4. The van der Waals surface area contributed by atoms with Crippen LogP contribution < -0.4 is 10.5 Å². The van der Waals surface area contributed by atoms with Crippen LogP contribution in [0.2, 0.25) is 5.02 Å². The van der Waals surface area contributed by atoms with Crippen molar-refractivity contribution in [1.29, 1.82) is 5.26 Å². The molecule has 0 aliphatic heterocycles. The summed E-state index contributed by atoms with van der Waals surface area (Å²) in [7, 11) is 0. The van der Waals surface area contributed by atoms with Gasteiger partial charge in [-0.15, -0.1) is 0 Å². The van der Waals surface area contributed by atoms with E-state index in [1.54, 1.807) is 30.3 Å². The van der Waals surface area contributed by atoms with Gasteiger partial charge in [-0.1, -0.05) is 29.8 Å². The number of nitrogens with zero attached hydrogens (tertiary/aromatic N) is 1. The Kier molecular flexibility index (Phi) is 4.62. The first-order chi connectivity index (χ1) is 9.60. The van der Waals surface area contributed by atoms with Crippen LogP contribution in [-0.4, -0.2) is 6.04 Å². The Morgan fingerprint density at radius 1 is 1.20 bits per heavy atom. The molecule has 102 valence electrons. The Morgan fingerprint density at radius 2 is 1.95 bits per heavy atom. The molecule has 0 bridgehead atoms. The van der Waals surface area contributed by atoms with Gasteiger partial charge in [0.25, 0.3) is 0 Å². The molecule has 0 saturated heterocycles. The van der Waals surface area contributed by atoms with Crippen molar-refractivity contribution < 1.29 is 4.74 Å². The molecule has 3 nitrogen and oxygen atoms in total. The van der Waals surface area contributed by atoms with Crippen molar-refractivity contribution in [2.75, 3.05) is 0 Å². The molecule has 2 aromatic carbocycles. The van der Waals surface area contributed by atoms with Crippen LogP contribution in [0.5, 0.6) is 5.75 Å². The predicted molar refractivity (Wildman–Crippen MR) is 79.6 cm³/mol. The molecule has 0 saturated carbocycles. The van der Waals surface area contributed by atoms with E-state index < -0.39 is 0 Å². The molecule has 0 amide bonds. The number of benzene rings is 2. The maximum absolute atomic E-state index is 8.91. The van der Waals surface area contributed by atoms with Gasteiger partial charge in [0.1, 0.15) is 11.9 Å². The molecule has 2 aromatic rings. The summed E-state index contributed by atoms with van der Waals surface area (Å²) in [6, 6.07) is 16.3. The minimum absolute atomic E-state index is 0.209. The molecule has 0 spiro atoms. The Bertz CT molecular complexity index is 634. The van der Waals surface area contributed by atoms with Crippen LogP contribution in [0.3, 0.4) is 0 Å². The zero-order valence-corrected chi connectivity index (χ0v) is 11.8. The zero-order chi connectivity index (χ0) is 14.5. The number of rotatable bonds is 4. The molecule has 2 unspecified atom stereocenters. The molecular formula is C16H15ClN2O. The van der Waals surface area contributed by atoms with Crippen molar-refractivity contribution in [3.63, 3.8) is 0 Å². The Labute approximate surface area is 123 Å². The number of nitriles is 1. The van der Waals surface area contributed by atoms with E-state index in [-0.39, 0.29) is 12.1 Å². The monoisotopic (exact) mass is 286 g/mol. The molecule has 0 heterocycles. The van der Waals surface area contributed by atoms with Crippen molar-refractivity contribution in [1.82, 2.24) is 0 Å². The molecule has 0 aromatic heterocycles. The van der Waals surface area contributed by atoms with E-state index in [1.807, 2.05) is 25.1 Å². The first-order valence-corrected chi connectivity index (χ1v) is 6.66. The Balaban J connectivity index is 2.28. The average Bonchev–Trinajstić information content (AvgIpc) is 2.44. The van der Waals surface area contributed by atoms with E-state index in [0.717, 1.165) is 5.56 Å². The summed E-state index contributed by atoms with van der Waals surface area (Å²) in [6.45, 7) is 1.87. The topological polar surface area (TPSA) is 59.0 Å². The van der Waals surface area contributed by atoms with Crippen LogP contribution in [0.25, 0.3) is 0 Å². The van der Waals surface area contributed by atoms with E-state index in [2.05, 4.69) is 6.07 Å². The van der Waals surface area contributed by atoms with Crippen molar-refractivity contribution in [2.24, 2.45) is 5.73 Å². The highest BCUT2D eigenvalue weighted by Gasteiger charge is 2.18. The summed E-state index contributed by atoms with van der Waals surface area (Å²) >= 11 is 6.00. The molecule has 0 aliphatic carbocycles. The van der Waals surface area contributed by atoms with Gasteiger partial charge in [-0.05, 0) is 42.8 Å². The van der Waals surface area contributed by atoms with E-state index in [4.69, 9.17) is 27.3 Å². The van der Waals surface area contributed by atoms with Gasteiger partial charge >= 0.3 is 0 Å². The third kappa shape index (κ3) is 3.51. The van der Waals surface area contributed by atoms with E-state index >= 15 is 0 Å². The molecule has 20 heavy (non-hydrogen) atoms. The second kappa shape index (κ2) is 6.42. The number of ether oxygens (including phenoxy) is 1. The van der Waals surface area contributed by atoms with E-state index in [9.17, 15) is 0 Å². The minimum Gasteiger partial charge on any atom is -0.484 e. The number of halogens is 1. The summed E-state index contributed by atoms with van der Waals surface area (Å²) in [4.78, 5) is 0. The fraction of sp³-hybridized carbons (Fsp3) is 0.188. The Hall–Kier alpha value is -2.02.